The zero-order valence-electron chi connectivity index (χ0n) is 22.3. The van der Waals surface area contributed by atoms with Gasteiger partial charge in [0.25, 0.3) is 5.69 Å². The van der Waals surface area contributed by atoms with E-state index in [9.17, 15) is 29.8 Å². The lowest BCUT2D eigenvalue weighted by Gasteiger charge is -2.08. The molecule has 0 radical (unpaired) electrons. The van der Waals surface area contributed by atoms with Gasteiger partial charge in [-0.15, -0.1) is 11.3 Å². The molecule has 0 unspecified atom stereocenters. The van der Waals surface area contributed by atoms with Crippen molar-refractivity contribution in [3.8, 4) is 6.07 Å². The van der Waals surface area contributed by atoms with E-state index in [0.29, 0.717) is 16.0 Å². The normalized spacial score (nSPS) is 11.0. The molecule has 0 aliphatic carbocycles. The van der Waals surface area contributed by atoms with E-state index >= 15 is 0 Å². The second-order valence-corrected chi connectivity index (χ2v) is 10.7. The minimum atomic E-state index is -0.687. The van der Waals surface area contributed by atoms with Gasteiger partial charge in [-0.2, -0.15) is 5.26 Å². The number of nitro benzene ring substituents is 1. The zero-order chi connectivity index (χ0) is 29.4. The predicted octanol–water partition coefficient (Wildman–Crippen LogP) is 6.50. The summed E-state index contributed by atoms with van der Waals surface area (Å²) in [5.74, 6) is -1.94. The summed E-state index contributed by atoms with van der Waals surface area (Å²) in [6.45, 7) is 7.04. The van der Waals surface area contributed by atoms with Gasteiger partial charge < -0.3 is 9.47 Å². The van der Waals surface area contributed by atoms with Gasteiger partial charge in [-0.3, -0.25) is 14.9 Å². The fourth-order valence-corrected chi connectivity index (χ4v) is 5.80. The highest BCUT2D eigenvalue weighted by Crippen LogP contribution is 2.35. The van der Waals surface area contributed by atoms with E-state index in [1.54, 1.807) is 26.8 Å². The summed E-state index contributed by atoms with van der Waals surface area (Å²) in [5, 5.41) is 21.3. The fourth-order valence-electron chi connectivity index (χ4n) is 3.72. The third-order valence-corrected chi connectivity index (χ3v) is 8.03. The fraction of sp³-hybridized carbons (Fsp3) is 0.241. The number of thiophene rings is 1. The van der Waals surface area contributed by atoms with Crippen LogP contribution in [0.1, 0.15) is 55.4 Å². The first-order chi connectivity index (χ1) is 19.1. The molecule has 1 aromatic heterocycles. The van der Waals surface area contributed by atoms with Crippen LogP contribution in [-0.2, 0) is 20.7 Å². The molecule has 0 fully saturated rings. The van der Waals surface area contributed by atoms with Crippen LogP contribution in [0.4, 0.5) is 5.69 Å². The number of allylic oxidation sites excluding steroid dienone is 1. The smallest absolute Gasteiger partial charge is 0.348 e. The molecule has 3 rings (SSSR count). The lowest BCUT2D eigenvalue weighted by Crippen LogP contribution is -2.12. The van der Waals surface area contributed by atoms with Crippen molar-refractivity contribution < 1.29 is 28.8 Å². The molecule has 11 heteroatoms. The quantitative estimate of drug-likeness (QED) is 0.0821. The number of non-ortho nitro benzene ring substituents is 1. The second kappa shape index (κ2) is 13.7. The molecule has 0 aliphatic heterocycles. The predicted molar refractivity (Wildman–Crippen MR) is 152 cm³/mol. The Morgan fingerprint density at radius 2 is 1.70 bits per heavy atom. The largest absolute Gasteiger partial charge is 0.462 e. The number of benzene rings is 2. The van der Waals surface area contributed by atoms with Crippen LogP contribution in [0.15, 0.2) is 57.8 Å². The molecule has 1 heterocycles. The van der Waals surface area contributed by atoms with Crippen LogP contribution in [-0.4, -0.2) is 35.9 Å². The molecule has 0 bridgehead atoms. The van der Waals surface area contributed by atoms with E-state index in [1.807, 2.05) is 37.3 Å². The van der Waals surface area contributed by atoms with Gasteiger partial charge in [0.1, 0.15) is 10.9 Å². The average molecular weight is 579 g/mol. The van der Waals surface area contributed by atoms with Gasteiger partial charge in [0.15, 0.2) is 5.78 Å². The number of carbonyl (C=O) groups is 3. The molecule has 2 aromatic carbocycles. The third-order valence-electron chi connectivity index (χ3n) is 5.65. The van der Waals surface area contributed by atoms with Crippen LogP contribution < -0.4 is 0 Å². The van der Waals surface area contributed by atoms with Crippen molar-refractivity contribution in [1.29, 1.82) is 5.26 Å². The van der Waals surface area contributed by atoms with Gasteiger partial charge in [-0.25, -0.2) is 9.59 Å². The Morgan fingerprint density at radius 3 is 2.30 bits per heavy atom. The van der Waals surface area contributed by atoms with Crippen LogP contribution in [0.5, 0.6) is 0 Å². The lowest BCUT2D eigenvalue weighted by molar-refractivity contribution is -0.384. The Labute approximate surface area is 239 Å². The first-order valence-corrected chi connectivity index (χ1v) is 13.9. The number of nitrogens with zero attached hydrogens (tertiary/aromatic N) is 2. The van der Waals surface area contributed by atoms with Crippen molar-refractivity contribution in [1.82, 2.24) is 0 Å². The summed E-state index contributed by atoms with van der Waals surface area (Å²) in [4.78, 5) is 51.3. The van der Waals surface area contributed by atoms with Crippen molar-refractivity contribution in [3.63, 3.8) is 0 Å². The number of ether oxygens (including phenoxy) is 2. The summed E-state index contributed by atoms with van der Waals surface area (Å²) in [6.07, 6.45) is 0.955. The summed E-state index contributed by atoms with van der Waals surface area (Å²) < 4.78 is 10.2. The molecular formula is C29H26N2O7S2. The van der Waals surface area contributed by atoms with E-state index < -0.39 is 22.6 Å². The van der Waals surface area contributed by atoms with Gasteiger partial charge >= 0.3 is 11.9 Å². The molecule has 0 atom stereocenters. The second-order valence-electron chi connectivity index (χ2n) is 8.46. The highest BCUT2D eigenvalue weighted by molar-refractivity contribution is 7.99. The van der Waals surface area contributed by atoms with Crippen molar-refractivity contribution in [3.05, 3.63) is 90.2 Å². The highest BCUT2D eigenvalue weighted by Gasteiger charge is 2.28. The van der Waals surface area contributed by atoms with Gasteiger partial charge in [0.2, 0.25) is 0 Å². The molecule has 0 saturated heterocycles. The van der Waals surface area contributed by atoms with Crippen LogP contribution in [0.2, 0.25) is 0 Å². The summed E-state index contributed by atoms with van der Waals surface area (Å²) in [5.41, 5.74) is 1.37. The first kappa shape index (κ1) is 30.3. The molecule has 206 valence electrons. The number of rotatable bonds is 11. The van der Waals surface area contributed by atoms with Crippen LogP contribution in [0.25, 0.3) is 6.08 Å². The number of esters is 2. The molecule has 40 heavy (non-hydrogen) atoms. The van der Waals surface area contributed by atoms with Gasteiger partial charge in [0, 0.05) is 33.2 Å². The first-order valence-electron chi connectivity index (χ1n) is 12.2. The van der Waals surface area contributed by atoms with E-state index in [2.05, 4.69) is 0 Å². The van der Waals surface area contributed by atoms with Crippen LogP contribution in [0, 0.1) is 35.3 Å². The van der Waals surface area contributed by atoms with Crippen molar-refractivity contribution in [2.45, 2.75) is 43.9 Å². The number of nitro groups is 1. The molecule has 0 N–H and O–H groups in total. The van der Waals surface area contributed by atoms with E-state index in [-0.39, 0.29) is 46.2 Å². The van der Waals surface area contributed by atoms with E-state index in [0.717, 1.165) is 21.8 Å². The Morgan fingerprint density at radius 1 is 1.05 bits per heavy atom. The summed E-state index contributed by atoms with van der Waals surface area (Å²) in [7, 11) is 0. The molecule has 0 spiro atoms. The van der Waals surface area contributed by atoms with Crippen molar-refractivity contribution in [2.75, 3.05) is 13.2 Å². The summed E-state index contributed by atoms with van der Waals surface area (Å²) in [6, 6.07) is 13.8. The van der Waals surface area contributed by atoms with Crippen LogP contribution in [0.3, 0.4) is 0 Å². The lowest BCUT2D eigenvalue weighted by atomic mass is 10.0. The number of carbonyl (C=O) groups excluding carboxylic acids is 3. The topological polar surface area (TPSA) is 137 Å². The molecule has 0 saturated carbocycles. The summed E-state index contributed by atoms with van der Waals surface area (Å²) >= 11 is 2.28. The van der Waals surface area contributed by atoms with E-state index in [1.165, 1.54) is 30.0 Å². The Balaban J connectivity index is 2.03. The molecule has 0 aliphatic rings. The number of Topliss-reactive ketones (excluding diaryl/α,β-unsaturated/α-hetero) is 1. The number of hydrogen-bond donors (Lipinski definition) is 0. The molecule has 3 aromatic rings. The Kier molecular flexibility index (Phi) is 10.4. The maximum absolute atomic E-state index is 13.3. The minimum Gasteiger partial charge on any atom is -0.462 e. The van der Waals surface area contributed by atoms with Crippen molar-refractivity contribution in [2.24, 2.45) is 0 Å². The zero-order valence-corrected chi connectivity index (χ0v) is 23.9. The third kappa shape index (κ3) is 7.22. The molecule has 0 amide bonds. The monoisotopic (exact) mass is 578 g/mol. The molecular weight excluding hydrogens is 552 g/mol. The van der Waals surface area contributed by atoms with E-state index in [4.69, 9.17) is 9.47 Å². The number of hydrogen-bond acceptors (Lipinski definition) is 10. The maximum atomic E-state index is 13.3. The average Bonchev–Trinajstić information content (AvgIpc) is 3.24. The number of aryl methyl sites for hydroxylation is 1. The highest BCUT2D eigenvalue weighted by atomic mass is 32.2. The Hall–Kier alpha value is -4.27. The van der Waals surface area contributed by atoms with Gasteiger partial charge in [0.05, 0.1) is 29.3 Å². The van der Waals surface area contributed by atoms with Gasteiger partial charge in [-0.05, 0) is 63.1 Å². The molecule has 9 nitrogen and oxygen atoms in total. The SMILES string of the molecule is CCOC(=O)c1sc(CC(=O)/C(C#N)=C\c2cc([N+](=O)[O-])ccc2Sc2ccc(C)cc2)c(C(=O)OCC)c1C. The van der Waals surface area contributed by atoms with Gasteiger partial charge in [-0.1, -0.05) is 29.5 Å². The maximum Gasteiger partial charge on any atom is 0.348 e. The number of ketones is 1. The van der Waals surface area contributed by atoms with Crippen molar-refractivity contribution >= 4 is 52.6 Å². The number of nitriles is 1. The Bertz CT molecular complexity index is 1530. The minimum absolute atomic E-state index is 0.0894. The standard InChI is InChI=1S/C29H26N2O7S2/c1-5-37-28(33)26-18(4)27(29(34)38-6-2)40-25(26)15-23(32)20(16-30)13-19-14-21(31(35)36)9-12-24(19)39-22-10-7-17(3)8-11-22/h7-14H,5-6,15H2,1-4H3/b20-13-. The van der Waals surface area contributed by atoms with Crippen LogP contribution >= 0.6 is 23.1 Å².